The molecule has 1 aliphatic carbocycles. The van der Waals surface area contributed by atoms with Crippen LogP contribution in [0, 0.1) is 5.41 Å². The summed E-state index contributed by atoms with van der Waals surface area (Å²) < 4.78 is 11.3. The van der Waals surface area contributed by atoms with Gasteiger partial charge < -0.3 is 24.1 Å². The summed E-state index contributed by atoms with van der Waals surface area (Å²) >= 11 is 0. The number of likely N-dealkylation sites (tertiary alicyclic amines) is 1. The Labute approximate surface area is 184 Å². The lowest BCUT2D eigenvalue weighted by molar-refractivity contribution is 0.0278. The Morgan fingerprint density at radius 1 is 1.19 bits per heavy atom. The van der Waals surface area contributed by atoms with Crippen LogP contribution in [0.3, 0.4) is 0 Å². The maximum Gasteiger partial charge on any atom is 0.317 e. The van der Waals surface area contributed by atoms with Crippen molar-refractivity contribution in [3.63, 3.8) is 0 Å². The van der Waals surface area contributed by atoms with Crippen LogP contribution >= 0.6 is 0 Å². The number of rotatable bonds is 6. The second-order valence-corrected chi connectivity index (χ2v) is 10.4. The highest BCUT2D eigenvalue weighted by molar-refractivity contribution is 5.37. The fourth-order valence-electron chi connectivity index (χ4n) is 5.76. The zero-order chi connectivity index (χ0) is 21.5. The van der Waals surface area contributed by atoms with Gasteiger partial charge in [0.25, 0.3) is 0 Å². The Kier molecular flexibility index (Phi) is 5.42. The first-order chi connectivity index (χ1) is 14.9. The molecule has 2 aromatic rings. The first-order valence-corrected chi connectivity index (χ1v) is 11.6. The standard InChI is InChI=1S/C24H34N4O3/c1-23(2,29)16-30-21-6-4-3-5-20(21)18-8-11-27(12-9-18)19-7-10-24(13-19)14-28(15-24)22-26-25-17-31-22/h3-6,17-19,29H,7-16H2,1-2H3/t19-/m1/s1. The van der Waals surface area contributed by atoms with Crippen molar-refractivity contribution < 1.29 is 14.3 Å². The van der Waals surface area contributed by atoms with E-state index >= 15 is 0 Å². The third-order valence-corrected chi connectivity index (χ3v) is 7.33. The van der Waals surface area contributed by atoms with Crippen molar-refractivity contribution in [3.8, 4) is 5.75 Å². The highest BCUT2D eigenvalue weighted by Crippen LogP contribution is 2.48. The molecular weight excluding hydrogens is 392 g/mol. The second-order valence-electron chi connectivity index (χ2n) is 10.4. The molecule has 0 unspecified atom stereocenters. The molecule has 0 radical (unpaired) electrons. The van der Waals surface area contributed by atoms with Gasteiger partial charge in [0.2, 0.25) is 6.39 Å². The highest BCUT2D eigenvalue weighted by atomic mass is 16.5. The molecule has 0 amide bonds. The average Bonchev–Trinajstić information content (AvgIpc) is 3.41. The fourth-order valence-corrected chi connectivity index (χ4v) is 5.76. The number of aliphatic hydroxyl groups is 1. The van der Waals surface area contributed by atoms with Crippen LogP contribution in [0.5, 0.6) is 5.75 Å². The second kappa shape index (κ2) is 8.10. The van der Waals surface area contributed by atoms with Crippen molar-refractivity contribution in [2.24, 2.45) is 5.41 Å². The van der Waals surface area contributed by atoms with Crippen LogP contribution in [0.15, 0.2) is 35.1 Å². The van der Waals surface area contributed by atoms with Gasteiger partial charge in [-0.05, 0) is 76.6 Å². The summed E-state index contributed by atoms with van der Waals surface area (Å²) in [5.74, 6) is 1.46. The molecular formula is C24H34N4O3. The molecule has 2 saturated heterocycles. The third-order valence-electron chi connectivity index (χ3n) is 7.33. The lowest BCUT2D eigenvalue weighted by Gasteiger charge is -2.48. The average molecular weight is 427 g/mol. The van der Waals surface area contributed by atoms with Crippen LogP contribution in [0.4, 0.5) is 6.01 Å². The van der Waals surface area contributed by atoms with Crippen LogP contribution in [0.2, 0.25) is 0 Å². The molecule has 7 heteroatoms. The number of para-hydroxylation sites is 1. The molecule has 3 heterocycles. The predicted molar refractivity (Wildman–Crippen MR) is 118 cm³/mol. The van der Waals surface area contributed by atoms with Crippen molar-refractivity contribution in [3.05, 3.63) is 36.2 Å². The van der Waals surface area contributed by atoms with Crippen molar-refractivity contribution in [2.45, 2.75) is 63.5 Å². The van der Waals surface area contributed by atoms with E-state index in [0.29, 0.717) is 30.0 Å². The van der Waals surface area contributed by atoms with Gasteiger partial charge >= 0.3 is 6.01 Å². The molecule has 0 bridgehead atoms. The van der Waals surface area contributed by atoms with Crippen molar-refractivity contribution >= 4 is 6.01 Å². The molecule has 1 spiro atoms. The van der Waals surface area contributed by atoms with E-state index in [1.54, 1.807) is 13.8 Å². The van der Waals surface area contributed by atoms with Gasteiger partial charge in [0, 0.05) is 24.5 Å². The summed E-state index contributed by atoms with van der Waals surface area (Å²) in [4.78, 5) is 4.94. The summed E-state index contributed by atoms with van der Waals surface area (Å²) in [6.07, 6.45) is 7.63. The summed E-state index contributed by atoms with van der Waals surface area (Å²) in [5.41, 5.74) is 0.909. The molecule has 1 N–H and O–H groups in total. The molecule has 3 fully saturated rings. The summed E-state index contributed by atoms with van der Waals surface area (Å²) in [6, 6.07) is 9.73. The van der Waals surface area contributed by atoms with Crippen LogP contribution in [-0.4, -0.2) is 64.6 Å². The van der Waals surface area contributed by atoms with E-state index in [1.165, 1.54) is 44.1 Å². The Balaban J connectivity index is 1.14. The van der Waals surface area contributed by atoms with E-state index in [0.717, 1.165) is 31.9 Å². The Hall–Kier alpha value is -2.12. The number of piperidine rings is 1. The molecule has 2 aliphatic heterocycles. The molecule has 5 rings (SSSR count). The largest absolute Gasteiger partial charge is 0.490 e. The van der Waals surface area contributed by atoms with E-state index in [1.807, 2.05) is 12.1 Å². The van der Waals surface area contributed by atoms with Gasteiger partial charge in [-0.2, -0.15) is 0 Å². The van der Waals surface area contributed by atoms with E-state index in [-0.39, 0.29) is 0 Å². The summed E-state index contributed by atoms with van der Waals surface area (Å²) in [7, 11) is 0. The maximum absolute atomic E-state index is 10.0. The van der Waals surface area contributed by atoms with Gasteiger partial charge in [-0.3, -0.25) is 0 Å². The van der Waals surface area contributed by atoms with Gasteiger partial charge in [-0.1, -0.05) is 23.3 Å². The minimum Gasteiger partial charge on any atom is -0.490 e. The van der Waals surface area contributed by atoms with E-state index in [2.05, 4.69) is 32.1 Å². The van der Waals surface area contributed by atoms with E-state index in [9.17, 15) is 5.11 Å². The molecule has 1 aromatic heterocycles. The number of aromatic nitrogens is 2. The highest BCUT2D eigenvalue weighted by Gasteiger charge is 2.50. The first-order valence-electron chi connectivity index (χ1n) is 11.6. The molecule has 3 aliphatic rings. The molecule has 1 atom stereocenters. The first kappa shape index (κ1) is 20.8. The quantitative estimate of drug-likeness (QED) is 0.758. The predicted octanol–water partition coefficient (Wildman–Crippen LogP) is 3.46. The number of nitrogens with zero attached hydrogens (tertiary/aromatic N) is 4. The van der Waals surface area contributed by atoms with Crippen LogP contribution in [-0.2, 0) is 0 Å². The van der Waals surface area contributed by atoms with Gasteiger partial charge in [0.15, 0.2) is 0 Å². The topological polar surface area (TPSA) is 74.9 Å². The SMILES string of the molecule is CC(C)(O)COc1ccccc1C1CCN([C@@H]2CCC3(C2)CN(c2nnco2)C3)CC1. The lowest BCUT2D eigenvalue weighted by atomic mass is 9.78. The molecule has 7 nitrogen and oxygen atoms in total. The number of hydrogen-bond donors (Lipinski definition) is 1. The number of ether oxygens (including phenoxy) is 1. The van der Waals surface area contributed by atoms with Gasteiger partial charge in [-0.15, -0.1) is 5.10 Å². The normalized spacial score (nSPS) is 24.5. The molecule has 1 saturated carbocycles. The van der Waals surface area contributed by atoms with Crippen molar-refractivity contribution in [2.75, 3.05) is 37.7 Å². The van der Waals surface area contributed by atoms with E-state index in [4.69, 9.17) is 9.15 Å². The number of hydrogen-bond acceptors (Lipinski definition) is 7. The number of benzene rings is 1. The molecule has 168 valence electrons. The van der Waals surface area contributed by atoms with Gasteiger partial charge in [-0.25, -0.2) is 0 Å². The Morgan fingerprint density at radius 3 is 2.68 bits per heavy atom. The van der Waals surface area contributed by atoms with Crippen LogP contribution in [0.1, 0.15) is 57.4 Å². The molecule has 31 heavy (non-hydrogen) atoms. The van der Waals surface area contributed by atoms with Crippen LogP contribution in [0.25, 0.3) is 0 Å². The zero-order valence-corrected chi connectivity index (χ0v) is 18.7. The zero-order valence-electron chi connectivity index (χ0n) is 18.7. The maximum atomic E-state index is 10.0. The fraction of sp³-hybridized carbons (Fsp3) is 0.667. The monoisotopic (exact) mass is 426 g/mol. The molecule has 1 aromatic carbocycles. The summed E-state index contributed by atoms with van der Waals surface area (Å²) in [6.45, 7) is 8.28. The van der Waals surface area contributed by atoms with E-state index < -0.39 is 5.60 Å². The Morgan fingerprint density at radius 2 is 1.97 bits per heavy atom. The summed E-state index contributed by atoms with van der Waals surface area (Å²) in [5, 5.41) is 17.9. The van der Waals surface area contributed by atoms with Crippen LogP contribution < -0.4 is 9.64 Å². The van der Waals surface area contributed by atoms with Gasteiger partial charge in [0.1, 0.15) is 12.4 Å². The minimum absolute atomic E-state index is 0.313. The lowest BCUT2D eigenvalue weighted by Crippen LogP contribution is -2.56. The number of anilines is 1. The van der Waals surface area contributed by atoms with Crippen molar-refractivity contribution in [1.29, 1.82) is 0 Å². The van der Waals surface area contributed by atoms with Crippen molar-refractivity contribution in [1.82, 2.24) is 15.1 Å². The smallest absolute Gasteiger partial charge is 0.317 e. The minimum atomic E-state index is -0.824. The third kappa shape index (κ3) is 4.44. The Bertz CT molecular complexity index is 865. The van der Waals surface area contributed by atoms with Gasteiger partial charge in [0.05, 0.1) is 5.60 Å².